The van der Waals surface area contributed by atoms with Gasteiger partial charge in [-0.1, -0.05) is 17.4 Å². The zero-order valence-corrected chi connectivity index (χ0v) is 8.00. The summed E-state index contributed by atoms with van der Waals surface area (Å²) in [5, 5.41) is 13.5. The smallest absolute Gasteiger partial charge is 0.316 e. The van der Waals surface area contributed by atoms with Crippen LogP contribution in [-0.4, -0.2) is 18.5 Å². The van der Waals surface area contributed by atoms with Crippen LogP contribution in [0, 0.1) is 10.1 Å². The van der Waals surface area contributed by atoms with E-state index in [1.54, 1.807) is 6.07 Å². The summed E-state index contributed by atoms with van der Waals surface area (Å²) in [4.78, 5) is 10.9. The van der Waals surface area contributed by atoms with Crippen LogP contribution in [0.15, 0.2) is 18.2 Å². The van der Waals surface area contributed by atoms with E-state index in [4.69, 9.17) is 0 Å². The van der Waals surface area contributed by atoms with Gasteiger partial charge in [0.2, 0.25) is 0 Å². The number of thiophene rings is 1. The van der Waals surface area contributed by atoms with Crippen LogP contribution >= 0.6 is 11.3 Å². The molecular weight excluding hydrogens is 188 g/mol. The van der Waals surface area contributed by atoms with Gasteiger partial charge in [0.05, 0.1) is 4.92 Å². The highest BCUT2D eigenvalue weighted by Gasteiger charge is 2.06. The van der Waals surface area contributed by atoms with E-state index in [-0.39, 0.29) is 9.92 Å². The molecule has 13 heavy (non-hydrogen) atoms. The van der Waals surface area contributed by atoms with Gasteiger partial charge in [-0.2, -0.15) is 0 Å². The summed E-state index contributed by atoms with van der Waals surface area (Å²) in [6.45, 7) is 0.770. The van der Waals surface area contributed by atoms with Crippen molar-refractivity contribution in [3.63, 3.8) is 0 Å². The molecule has 0 aromatic carbocycles. The molecule has 0 amide bonds. The number of hydrogen-bond donors (Lipinski definition) is 1. The predicted octanol–water partition coefficient (Wildman–Crippen LogP) is 1.89. The number of rotatable bonds is 4. The standard InChI is InChI=1S/C8H10N2O2S/c1-9-6-2-3-7-4-5-8(13-7)10(11)12/h2-5,9H,6H2,1H3/b3-2+. The second-order valence-corrected chi connectivity index (χ2v) is 3.49. The van der Waals surface area contributed by atoms with Crippen molar-refractivity contribution in [2.45, 2.75) is 0 Å². The zero-order valence-electron chi connectivity index (χ0n) is 7.19. The van der Waals surface area contributed by atoms with Gasteiger partial charge in [0, 0.05) is 17.5 Å². The quantitative estimate of drug-likeness (QED) is 0.593. The average molecular weight is 198 g/mol. The fraction of sp³-hybridized carbons (Fsp3) is 0.250. The molecule has 1 aromatic heterocycles. The highest BCUT2D eigenvalue weighted by molar-refractivity contribution is 7.16. The van der Waals surface area contributed by atoms with Gasteiger partial charge < -0.3 is 5.32 Å². The van der Waals surface area contributed by atoms with Crippen LogP contribution in [0.5, 0.6) is 0 Å². The molecule has 0 aliphatic carbocycles. The van der Waals surface area contributed by atoms with Gasteiger partial charge in [0.25, 0.3) is 0 Å². The first-order valence-electron chi connectivity index (χ1n) is 3.79. The Kier molecular flexibility index (Phi) is 3.60. The van der Waals surface area contributed by atoms with Crippen LogP contribution in [0.25, 0.3) is 6.08 Å². The molecule has 5 heteroatoms. The van der Waals surface area contributed by atoms with Crippen molar-refractivity contribution in [2.75, 3.05) is 13.6 Å². The molecule has 1 N–H and O–H groups in total. The molecule has 0 fully saturated rings. The molecule has 0 bridgehead atoms. The van der Waals surface area contributed by atoms with Crippen molar-refractivity contribution in [1.82, 2.24) is 5.32 Å². The Morgan fingerprint density at radius 3 is 3.00 bits per heavy atom. The van der Waals surface area contributed by atoms with Gasteiger partial charge in [-0.3, -0.25) is 10.1 Å². The van der Waals surface area contributed by atoms with Gasteiger partial charge in [-0.05, 0) is 19.2 Å². The normalized spacial score (nSPS) is 10.8. The van der Waals surface area contributed by atoms with E-state index in [9.17, 15) is 10.1 Å². The SMILES string of the molecule is CNC/C=C/c1ccc([N+](=O)[O-])s1. The Morgan fingerprint density at radius 1 is 1.69 bits per heavy atom. The Bertz CT molecular complexity index is 320. The number of nitro groups is 1. The number of nitrogens with one attached hydrogen (secondary N) is 1. The number of hydrogen-bond acceptors (Lipinski definition) is 4. The molecule has 4 nitrogen and oxygen atoms in total. The van der Waals surface area contributed by atoms with E-state index >= 15 is 0 Å². The van der Waals surface area contributed by atoms with E-state index in [1.165, 1.54) is 17.4 Å². The van der Waals surface area contributed by atoms with Gasteiger partial charge in [0.1, 0.15) is 0 Å². The van der Waals surface area contributed by atoms with Crippen molar-refractivity contribution in [3.8, 4) is 0 Å². The van der Waals surface area contributed by atoms with Crippen LogP contribution < -0.4 is 5.32 Å². The molecule has 0 saturated heterocycles. The third kappa shape index (κ3) is 2.96. The third-order valence-electron chi connectivity index (χ3n) is 1.40. The van der Waals surface area contributed by atoms with E-state index in [1.807, 2.05) is 19.2 Å². The molecule has 1 rings (SSSR count). The van der Waals surface area contributed by atoms with Gasteiger partial charge in [-0.25, -0.2) is 0 Å². The first-order valence-corrected chi connectivity index (χ1v) is 4.61. The largest absolute Gasteiger partial charge is 0.324 e. The monoisotopic (exact) mass is 198 g/mol. The van der Waals surface area contributed by atoms with Crippen molar-refractivity contribution < 1.29 is 4.92 Å². The lowest BCUT2D eigenvalue weighted by molar-refractivity contribution is -0.380. The topological polar surface area (TPSA) is 55.2 Å². The minimum absolute atomic E-state index is 0.184. The second kappa shape index (κ2) is 4.74. The van der Waals surface area contributed by atoms with Gasteiger partial charge >= 0.3 is 5.00 Å². The Morgan fingerprint density at radius 2 is 2.46 bits per heavy atom. The second-order valence-electron chi connectivity index (χ2n) is 2.39. The Labute approximate surface area is 80.0 Å². The van der Waals surface area contributed by atoms with Crippen LogP contribution in [0.3, 0.4) is 0 Å². The summed E-state index contributed by atoms with van der Waals surface area (Å²) in [6.07, 6.45) is 3.80. The highest BCUT2D eigenvalue weighted by atomic mass is 32.1. The molecule has 0 radical (unpaired) electrons. The lowest BCUT2D eigenvalue weighted by atomic mass is 10.4. The first kappa shape index (κ1) is 9.88. The molecule has 70 valence electrons. The van der Waals surface area contributed by atoms with Crippen LogP contribution in [0.2, 0.25) is 0 Å². The summed E-state index contributed by atoms with van der Waals surface area (Å²) >= 11 is 1.18. The maximum absolute atomic E-state index is 10.3. The van der Waals surface area contributed by atoms with Crippen LogP contribution in [0.4, 0.5) is 5.00 Å². The average Bonchev–Trinajstić information content (AvgIpc) is 2.53. The third-order valence-corrected chi connectivity index (χ3v) is 2.40. The molecule has 0 aliphatic rings. The number of nitrogens with zero attached hydrogens (tertiary/aromatic N) is 1. The molecule has 0 unspecified atom stereocenters. The summed E-state index contributed by atoms with van der Waals surface area (Å²) in [5.41, 5.74) is 0. The molecule has 0 saturated carbocycles. The fourth-order valence-corrected chi connectivity index (χ4v) is 1.58. The minimum atomic E-state index is -0.375. The summed E-state index contributed by atoms with van der Waals surface area (Å²) in [5.74, 6) is 0. The van der Waals surface area contributed by atoms with E-state index in [2.05, 4.69) is 5.32 Å². The maximum Gasteiger partial charge on any atom is 0.324 e. The van der Waals surface area contributed by atoms with E-state index in [0.29, 0.717) is 0 Å². The maximum atomic E-state index is 10.3. The molecule has 0 aliphatic heterocycles. The van der Waals surface area contributed by atoms with Crippen molar-refractivity contribution in [1.29, 1.82) is 0 Å². The van der Waals surface area contributed by atoms with Gasteiger partial charge in [-0.15, -0.1) is 0 Å². The van der Waals surface area contributed by atoms with Crippen LogP contribution in [0.1, 0.15) is 4.88 Å². The number of likely N-dealkylation sites (N-methyl/N-ethyl adjacent to an activating group) is 1. The Hall–Kier alpha value is -1.20. The lowest BCUT2D eigenvalue weighted by Gasteiger charge is -1.86. The van der Waals surface area contributed by atoms with Gasteiger partial charge in [0.15, 0.2) is 0 Å². The first-order chi connectivity index (χ1) is 6.24. The van der Waals surface area contributed by atoms with Crippen molar-refractivity contribution in [2.24, 2.45) is 0 Å². The van der Waals surface area contributed by atoms with E-state index < -0.39 is 0 Å². The summed E-state index contributed by atoms with van der Waals surface area (Å²) in [6, 6.07) is 3.26. The molecule has 0 spiro atoms. The van der Waals surface area contributed by atoms with Crippen LogP contribution in [-0.2, 0) is 0 Å². The fourth-order valence-electron chi connectivity index (χ4n) is 0.823. The Balaban J connectivity index is 2.64. The van der Waals surface area contributed by atoms with Crippen molar-refractivity contribution >= 4 is 22.4 Å². The van der Waals surface area contributed by atoms with Crippen molar-refractivity contribution in [3.05, 3.63) is 33.2 Å². The predicted molar refractivity (Wildman–Crippen MR) is 53.9 cm³/mol. The summed E-state index contributed by atoms with van der Waals surface area (Å²) in [7, 11) is 1.85. The highest BCUT2D eigenvalue weighted by Crippen LogP contribution is 2.24. The molecule has 1 heterocycles. The van der Waals surface area contributed by atoms with E-state index in [0.717, 1.165) is 11.4 Å². The molecule has 0 atom stereocenters. The molecule has 1 aromatic rings. The molecular formula is C8H10N2O2S. The lowest BCUT2D eigenvalue weighted by Crippen LogP contribution is -2.03. The zero-order chi connectivity index (χ0) is 9.68. The minimum Gasteiger partial charge on any atom is -0.316 e. The summed E-state index contributed by atoms with van der Waals surface area (Å²) < 4.78 is 0.